The number of phosphoric acid groups is 1. The maximum atomic E-state index is 12.7. The van der Waals surface area contributed by atoms with Gasteiger partial charge in [0, 0.05) is 12.8 Å². The summed E-state index contributed by atoms with van der Waals surface area (Å²) in [5, 5.41) is 0. The molecule has 0 heterocycles. The summed E-state index contributed by atoms with van der Waals surface area (Å²) in [5.74, 6) is -0.889. The molecule has 0 bridgehead atoms. The molecular weight excluding hydrogens is 846 g/mol. The molecule has 66 heavy (non-hydrogen) atoms. The van der Waals surface area contributed by atoms with Gasteiger partial charge in [0.2, 0.25) is 0 Å². The van der Waals surface area contributed by atoms with Crippen molar-refractivity contribution in [2.24, 2.45) is 0 Å². The van der Waals surface area contributed by atoms with Crippen LogP contribution in [0.25, 0.3) is 0 Å². The van der Waals surface area contributed by atoms with Gasteiger partial charge in [-0.1, -0.05) is 189 Å². The van der Waals surface area contributed by atoms with Gasteiger partial charge in [0.25, 0.3) is 0 Å². The molecule has 0 rings (SSSR count). The third-order valence-electron chi connectivity index (χ3n) is 10.9. The standard InChI is InChI=1S/C56H98NO8P/c1-6-8-10-12-14-16-18-20-22-24-26-27-28-29-31-32-34-36-38-40-42-44-46-48-55(58)62-52-54(53-64-66(60,61)63-51-50-57(3,4)5)65-56(59)49-47-45-43-41-39-37-35-33-30-25-23-21-19-17-15-13-11-9-7-2/h9,11,15,17,21,23,30,32-34,37,39-40,42,54H,6-8,10,12-14,16,18-20,22,24-29,31,35-36,38,41,43-53H2,1-5H3/p+1/b11-9+,17-15+,23-21+,33-30+,34-32+,39-37+,42-40+/t54-/m1/s1. The second-order valence-corrected chi connectivity index (χ2v) is 20.0. The fourth-order valence-electron chi connectivity index (χ4n) is 6.83. The summed E-state index contributed by atoms with van der Waals surface area (Å²) in [6, 6.07) is 0. The second kappa shape index (κ2) is 47.3. The molecule has 380 valence electrons. The number of rotatable bonds is 47. The van der Waals surface area contributed by atoms with Crippen molar-refractivity contribution in [3.8, 4) is 0 Å². The summed E-state index contributed by atoms with van der Waals surface area (Å²) >= 11 is 0. The molecule has 0 aliphatic carbocycles. The number of nitrogens with zero attached hydrogens (tertiary/aromatic N) is 1. The summed E-state index contributed by atoms with van der Waals surface area (Å²) in [6.07, 6.45) is 62.3. The molecule has 0 aromatic rings. The molecule has 1 N–H and O–H groups in total. The zero-order chi connectivity index (χ0) is 48.5. The average molecular weight is 945 g/mol. The van der Waals surface area contributed by atoms with Crippen LogP contribution in [0.2, 0.25) is 0 Å². The molecule has 0 radical (unpaired) electrons. The van der Waals surface area contributed by atoms with Crippen molar-refractivity contribution < 1.29 is 42.1 Å². The Kier molecular flexibility index (Phi) is 45.3. The lowest BCUT2D eigenvalue weighted by molar-refractivity contribution is -0.870. The molecule has 9 nitrogen and oxygen atoms in total. The lowest BCUT2D eigenvalue weighted by Gasteiger charge is -2.24. The van der Waals surface area contributed by atoms with Crippen LogP contribution < -0.4 is 0 Å². The Labute approximate surface area is 405 Å². The van der Waals surface area contributed by atoms with Gasteiger partial charge in [-0.25, -0.2) is 4.57 Å². The molecule has 0 fully saturated rings. The first-order valence-corrected chi connectivity index (χ1v) is 27.8. The van der Waals surface area contributed by atoms with Gasteiger partial charge in [-0.3, -0.25) is 18.6 Å². The van der Waals surface area contributed by atoms with Crippen molar-refractivity contribution in [2.75, 3.05) is 47.5 Å². The van der Waals surface area contributed by atoms with Gasteiger partial charge >= 0.3 is 19.8 Å². The molecule has 0 aromatic carbocycles. The van der Waals surface area contributed by atoms with E-state index in [9.17, 15) is 19.0 Å². The molecule has 0 amide bonds. The quantitative estimate of drug-likeness (QED) is 0.0211. The first kappa shape index (κ1) is 63.2. The minimum atomic E-state index is -4.40. The maximum absolute atomic E-state index is 12.7. The molecule has 1 unspecified atom stereocenters. The summed E-state index contributed by atoms with van der Waals surface area (Å²) in [5.41, 5.74) is 0. The number of hydrogen-bond donors (Lipinski definition) is 1. The summed E-state index contributed by atoms with van der Waals surface area (Å²) in [7, 11) is 1.42. The highest BCUT2D eigenvalue weighted by Gasteiger charge is 2.27. The van der Waals surface area contributed by atoms with Gasteiger partial charge < -0.3 is 18.9 Å². The first-order chi connectivity index (χ1) is 32.0. The van der Waals surface area contributed by atoms with Gasteiger partial charge in [-0.15, -0.1) is 0 Å². The van der Waals surface area contributed by atoms with Crippen molar-refractivity contribution in [2.45, 2.75) is 213 Å². The number of carbonyl (C=O) groups excluding carboxylic acids is 2. The largest absolute Gasteiger partial charge is 0.472 e. The predicted octanol–water partition coefficient (Wildman–Crippen LogP) is 15.9. The highest BCUT2D eigenvalue weighted by Crippen LogP contribution is 2.43. The number of unbranched alkanes of at least 4 members (excludes halogenated alkanes) is 19. The Morgan fingerprint density at radius 2 is 0.894 bits per heavy atom. The molecule has 0 aliphatic rings. The fourth-order valence-corrected chi connectivity index (χ4v) is 7.57. The van der Waals surface area contributed by atoms with E-state index >= 15 is 0 Å². The number of allylic oxidation sites excluding steroid dienone is 14. The Bertz CT molecular complexity index is 1390. The molecule has 0 saturated carbocycles. The van der Waals surface area contributed by atoms with Crippen LogP contribution >= 0.6 is 7.82 Å². The van der Waals surface area contributed by atoms with Crippen molar-refractivity contribution >= 4 is 19.8 Å². The van der Waals surface area contributed by atoms with Gasteiger partial charge in [-0.05, 0) is 89.9 Å². The van der Waals surface area contributed by atoms with Crippen LogP contribution in [-0.4, -0.2) is 74.9 Å². The Hall–Kier alpha value is -2.81. The number of hydrogen-bond acceptors (Lipinski definition) is 7. The third kappa shape index (κ3) is 50.6. The number of carbonyl (C=O) groups is 2. The predicted molar refractivity (Wildman–Crippen MR) is 279 cm³/mol. The number of ether oxygens (including phenoxy) is 2. The van der Waals surface area contributed by atoms with E-state index in [-0.39, 0.29) is 26.1 Å². The van der Waals surface area contributed by atoms with Gasteiger partial charge in [-0.2, -0.15) is 0 Å². The summed E-state index contributed by atoms with van der Waals surface area (Å²) < 4.78 is 34.4. The zero-order valence-electron chi connectivity index (χ0n) is 42.9. The van der Waals surface area contributed by atoms with Crippen molar-refractivity contribution in [1.29, 1.82) is 0 Å². The van der Waals surface area contributed by atoms with Crippen LogP contribution in [0.4, 0.5) is 0 Å². The molecule has 2 atom stereocenters. The minimum Gasteiger partial charge on any atom is -0.462 e. The van der Waals surface area contributed by atoms with E-state index in [4.69, 9.17) is 18.5 Å². The summed E-state index contributed by atoms with van der Waals surface area (Å²) in [6.45, 7) is 4.23. The highest BCUT2D eigenvalue weighted by atomic mass is 31.2. The lowest BCUT2D eigenvalue weighted by atomic mass is 10.0. The topological polar surface area (TPSA) is 108 Å². The number of esters is 2. The SMILES string of the molecule is CC/C=C/C/C=C/C/C=C/C/C=C/C/C=C/CCCCCC(=O)O[C@H](COC(=O)CCC/C=C/CC/C=C/CCCCCCCCCCCCCCCC)COP(=O)(O)OCC[N+](C)(C)C. The normalized spacial score (nSPS) is 14.1. The molecule has 0 spiro atoms. The fraction of sp³-hybridized carbons (Fsp3) is 0.714. The Balaban J connectivity index is 4.35. The Morgan fingerprint density at radius 3 is 1.39 bits per heavy atom. The van der Waals surface area contributed by atoms with E-state index in [2.05, 4.69) is 98.9 Å². The van der Waals surface area contributed by atoms with E-state index in [0.717, 1.165) is 77.0 Å². The highest BCUT2D eigenvalue weighted by molar-refractivity contribution is 7.47. The number of likely N-dealkylation sites (N-methyl/N-ethyl adjacent to an activating group) is 1. The van der Waals surface area contributed by atoms with Gasteiger partial charge in [0.1, 0.15) is 19.8 Å². The minimum absolute atomic E-state index is 0.0149. The van der Waals surface area contributed by atoms with E-state index in [0.29, 0.717) is 23.9 Å². The van der Waals surface area contributed by atoms with E-state index in [1.807, 2.05) is 21.1 Å². The van der Waals surface area contributed by atoms with Gasteiger partial charge in [0.15, 0.2) is 6.10 Å². The maximum Gasteiger partial charge on any atom is 0.472 e. The zero-order valence-corrected chi connectivity index (χ0v) is 43.8. The van der Waals surface area contributed by atoms with E-state index < -0.39 is 32.5 Å². The van der Waals surface area contributed by atoms with Crippen molar-refractivity contribution in [3.63, 3.8) is 0 Å². The van der Waals surface area contributed by atoms with E-state index in [1.165, 1.54) is 89.9 Å². The van der Waals surface area contributed by atoms with Crippen LogP contribution in [0.1, 0.15) is 206 Å². The molecule has 0 saturated heterocycles. The van der Waals surface area contributed by atoms with E-state index in [1.54, 1.807) is 0 Å². The van der Waals surface area contributed by atoms with Crippen molar-refractivity contribution in [1.82, 2.24) is 0 Å². The second-order valence-electron chi connectivity index (χ2n) is 18.5. The Morgan fingerprint density at radius 1 is 0.485 bits per heavy atom. The number of quaternary nitrogens is 1. The van der Waals surface area contributed by atoms with Crippen LogP contribution in [0, 0.1) is 0 Å². The molecule has 10 heteroatoms. The van der Waals surface area contributed by atoms with Crippen LogP contribution in [-0.2, 0) is 32.7 Å². The van der Waals surface area contributed by atoms with Crippen LogP contribution in [0.3, 0.4) is 0 Å². The smallest absolute Gasteiger partial charge is 0.462 e. The average Bonchev–Trinajstić information content (AvgIpc) is 3.27. The molecular formula is C56H99NO8P+. The van der Waals surface area contributed by atoms with Gasteiger partial charge in [0.05, 0.1) is 27.7 Å². The molecule has 0 aromatic heterocycles. The third-order valence-corrected chi connectivity index (χ3v) is 11.9. The monoisotopic (exact) mass is 945 g/mol. The first-order valence-electron chi connectivity index (χ1n) is 26.3. The van der Waals surface area contributed by atoms with Crippen LogP contribution in [0.15, 0.2) is 85.1 Å². The number of phosphoric ester groups is 1. The van der Waals surface area contributed by atoms with Crippen molar-refractivity contribution in [3.05, 3.63) is 85.1 Å². The summed E-state index contributed by atoms with van der Waals surface area (Å²) in [4.78, 5) is 35.5. The van der Waals surface area contributed by atoms with Crippen LogP contribution in [0.5, 0.6) is 0 Å². The lowest BCUT2D eigenvalue weighted by Crippen LogP contribution is -2.37. The molecule has 0 aliphatic heterocycles.